The zero-order valence-corrected chi connectivity index (χ0v) is 13.6. The normalized spacial score (nSPS) is 12.3. The lowest BCUT2D eigenvalue weighted by Crippen LogP contribution is -2.28. The van der Waals surface area contributed by atoms with Gasteiger partial charge >= 0.3 is 5.69 Å². The van der Waals surface area contributed by atoms with Crippen LogP contribution < -0.4 is 19.9 Å². The third kappa shape index (κ3) is 2.76. The Bertz CT molecular complexity index is 783. The summed E-state index contributed by atoms with van der Waals surface area (Å²) in [6, 6.07) is 5.69. The van der Waals surface area contributed by atoms with Crippen LogP contribution in [0.4, 0.5) is 0 Å². The maximum Gasteiger partial charge on any atom is 0.351 e. The first-order valence-corrected chi connectivity index (χ1v) is 7.68. The molecular weight excluding hydrogens is 296 g/mol. The Morgan fingerprint density at radius 2 is 1.91 bits per heavy atom. The topological polar surface area (TPSA) is 62.6 Å². The first-order chi connectivity index (χ1) is 11.2. The lowest BCUT2D eigenvalue weighted by Gasteiger charge is -2.23. The minimum atomic E-state index is -0.283. The van der Waals surface area contributed by atoms with Crippen LogP contribution in [0, 0.1) is 0 Å². The van der Waals surface area contributed by atoms with Crippen LogP contribution in [0.2, 0.25) is 0 Å². The lowest BCUT2D eigenvalue weighted by atomic mass is 9.97. The summed E-state index contributed by atoms with van der Waals surface area (Å²) in [5.74, 6) is 1.70. The van der Waals surface area contributed by atoms with Gasteiger partial charge in [-0.25, -0.2) is 4.79 Å². The number of aromatic nitrogens is 2. The molecule has 0 spiro atoms. The Kier molecular flexibility index (Phi) is 4.23. The molecule has 0 bridgehead atoms. The van der Waals surface area contributed by atoms with Crippen LogP contribution in [-0.2, 0) is 13.0 Å². The van der Waals surface area contributed by atoms with Crippen LogP contribution in [0.1, 0.15) is 18.9 Å². The highest BCUT2D eigenvalue weighted by Crippen LogP contribution is 2.38. The summed E-state index contributed by atoms with van der Waals surface area (Å²) in [5.41, 5.74) is 2.59. The highest BCUT2D eigenvalue weighted by molar-refractivity contribution is 5.70. The quantitative estimate of drug-likeness (QED) is 0.847. The fraction of sp³-hybridized carbons (Fsp3) is 0.412. The molecule has 0 N–H and O–H groups in total. The molecule has 1 aromatic carbocycles. The fourth-order valence-electron chi connectivity index (χ4n) is 2.80. The standard InChI is InChI=1S/C17H20N2O4/c1-4-7-23-16-10-13-12-9-15(22-3)14(21-2)8-11(12)5-6-19(13)17(20)18-16/h8-10H,4-7H2,1-3H3. The molecule has 0 aliphatic carbocycles. The van der Waals surface area contributed by atoms with Crippen molar-refractivity contribution in [2.75, 3.05) is 20.8 Å². The Morgan fingerprint density at radius 3 is 2.61 bits per heavy atom. The van der Waals surface area contributed by atoms with Gasteiger partial charge in [-0.3, -0.25) is 4.57 Å². The van der Waals surface area contributed by atoms with Crippen molar-refractivity contribution < 1.29 is 14.2 Å². The van der Waals surface area contributed by atoms with Gasteiger partial charge in [0.2, 0.25) is 5.88 Å². The van der Waals surface area contributed by atoms with E-state index in [4.69, 9.17) is 14.2 Å². The van der Waals surface area contributed by atoms with E-state index in [0.717, 1.165) is 29.7 Å². The first kappa shape index (κ1) is 15.4. The number of methoxy groups -OCH3 is 2. The van der Waals surface area contributed by atoms with E-state index in [1.54, 1.807) is 18.8 Å². The predicted octanol–water partition coefficient (Wildman–Crippen LogP) is 2.27. The molecule has 2 heterocycles. The SMILES string of the molecule is CCCOc1cc2n(c(=O)n1)CCc1cc(OC)c(OC)cc1-2. The van der Waals surface area contributed by atoms with Gasteiger partial charge in [0, 0.05) is 18.2 Å². The molecule has 1 aliphatic heterocycles. The average molecular weight is 316 g/mol. The molecule has 6 heteroatoms. The molecule has 1 aliphatic rings. The van der Waals surface area contributed by atoms with Crippen molar-refractivity contribution in [3.8, 4) is 28.6 Å². The number of fused-ring (bicyclic) bond motifs is 3. The van der Waals surface area contributed by atoms with Gasteiger partial charge in [-0.05, 0) is 30.5 Å². The molecule has 0 radical (unpaired) electrons. The van der Waals surface area contributed by atoms with Crippen molar-refractivity contribution in [1.82, 2.24) is 9.55 Å². The van der Waals surface area contributed by atoms with E-state index < -0.39 is 0 Å². The van der Waals surface area contributed by atoms with E-state index in [2.05, 4.69) is 4.98 Å². The van der Waals surface area contributed by atoms with Crippen molar-refractivity contribution in [1.29, 1.82) is 0 Å². The van der Waals surface area contributed by atoms with E-state index in [1.807, 2.05) is 25.1 Å². The van der Waals surface area contributed by atoms with Gasteiger partial charge in [0.15, 0.2) is 11.5 Å². The van der Waals surface area contributed by atoms with Crippen molar-refractivity contribution in [2.24, 2.45) is 0 Å². The monoisotopic (exact) mass is 316 g/mol. The first-order valence-electron chi connectivity index (χ1n) is 7.68. The Balaban J connectivity index is 2.15. The summed E-state index contributed by atoms with van der Waals surface area (Å²) in [4.78, 5) is 16.3. The van der Waals surface area contributed by atoms with E-state index in [9.17, 15) is 4.79 Å². The molecule has 0 saturated heterocycles. The molecule has 23 heavy (non-hydrogen) atoms. The van der Waals surface area contributed by atoms with Crippen molar-refractivity contribution in [3.05, 3.63) is 34.2 Å². The van der Waals surface area contributed by atoms with Gasteiger partial charge in [0.05, 0.1) is 26.5 Å². The second kappa shape index (κ2) is 6.32. The lowest BCUT2D eigenvalue weighted by molar-refractivity contribution is 0.302. The van der Waals surface area contributed by atoms with Gasteiger partial charge in [-0.2, -0.15) is 4.98 Å². The van der Waals surface area contributed by atoms with Crippen LogP contribution in [0.25, 0.3) is 11.3 Å². The Hall–Kier alpha value is -2.50. The number of hydrogen-bond donors (Lipinski definition) is 0. The molecular formula is C17H20N2O4. The molecule has 6 nitrogen and oxygen atoms in total. The van der Waals surface area contributed by atoms with Crippen LogP contribution in [0.15, 0.2) is 23.0 Å². The second-order valence-corrected chi connectivity index (χ2v) is 5.38. The van der Waals surface area contributed by atoms with Gasteiger partial charge < -0.3 is 14.2 Å². The van der Waals surface area contributed by atoms with Crippen molar-refractivity contribution >= 4 is 0 Å². The molecule has 0 unspecified atom stereocenters. The highest BCUT2D eigenvalue weighted by atomic mass is 16.5. The molecule has 0 amide bonds. The summed E-state index contributed by atoms with van der Waals surface area (Å²) >= 11 is 0. The number of ether oxygens (including phenoxy) is 3. The van der Waals surface area contributed by atoms with Gasteiger partial charge in [-0.1, -0.05) is 6.92 Å². The third-order valence-corrected chi connectivity index (χ3v) is 3.93. The van der Waals surface area contributed by atoms with E-state index in [-0.39, 0.29) is 5.69 Å². The smallest absolute Gasteiger partial charge is 0.351 e. The maximum absolute atomic E-state index is 12.3. The molecule has 0 saturated carbocycles. The minimum Gasteiger partial charge on any atom is -0.493 e. The number of hydrogen-bond acceptors (Lipinski definition) is 5. The maximum atomic E-state index is 12.3. The molecule has 3 rings (SSSR count). The molecule has 1 aromatic heterocycles. The largest absolute Gasteiger partial charge is 0.493 e. The summed E-state index contributed by atoms with van der Waals surface area (Å²) < 4.78 is 18.0. The molecule has 0 atom stereocenters. The predicted molar refractivity (Wildman–Crippen MR) is 86.5 cm³/mol. The van der Waals surface area contributed by atoms with Gasteiger partial charge in [-0.15, -0.1) is 0 Å². The summed E-state index contributed by atoms with van der Waals surface area (Å²) in [5, 5.41) is 0. The highest BCUT2D eigenvalue weighted by Gasteiger charge is 2.21. The van der Waals surface area contributed by atoms with Crippen LogP contribution >= 0.6 is 0 Å². The summed E-state index contributed by atoms with van der Waals surface area (Å²) in [6.45, 7) is 3.14. The minimum absolute atomic E-state index is 0.283. The van der Waals surface area contributed by atoms with Crippen LogP contribution in [0.5, 0.6) is 17.4 Å². The third-order valence-electron chi connectivity index (χ3n) is 3.93. The van der Waals surface area contributed by atoms with Crippen molar-refractivity contribution in [3.63, 3.8) is 0 Å². The summed E-state index contributed by atoms with van der Waals surface area (Å²) in [7, 11) is 3.22. The van der Waals surface area contributed by atoms with Crippen LogP contribution in [0.3, 0.4) is 0 Å². The number of benzene rings is 1. The zero-order chi connectivity index (χ0) is 16.4. The summed E-state index contributed by atoms with van der Waals surface area (Å²) in [6.07, 6.45) is 1.61. The van der Waals surface area contributed by atoms with E-state index in [1.165, 1.54) is 0 Å². The van der Waals surface area contributed by atoms with Gasteiger partial charge in [0.1, 0.15) is 0 Å². The second-order valence-electron chi connectivity index (χ2n) is 5.38. The molecule has 0 fully saturated rings. The van der Waals surface area contributed by atoms with Crippen LogP contribution in [-0.4, -0.2) is 30.4 Å². The number of rotatable bonds is 5. The molecule has 2 aromatic rings. The Morgan fingerprint density at radius 1 is 1.17 bits per heavy atom. The number of nitrogens with zero attached hydrogens (tertiary/aromatic N) is 2. The zero-order valence-electron chi connectivity index (χ0n) is 13.6. The number of aryl methyl sites for hydroxylation is 1. The Labute approximate surface area is 134 Å². The fourth-order valence-corrected chi connectivity index (χ4v) is 2.80. The van der Waals surface area contributed by atoms with E-state index in [0.29, 0.717) is 30.5 Å². The van der Waals surface area contributed by atoms with Gasteiger partial charge in [0.25, 0.3) is 0 Å². The van der Waals surface area contributed by atoms with E-state index >= 15 is 0 Å². The molecule has 122 valence electrons. The van der Waals surface area contributed by atoms with Crippen molar-refractivity contribution in [2.45, 2.75) is 26.3 Å². The average Bonchev–Trinajstić information content (AvgIpc) is 2.58.